The molecular formula is C30H32. The minimum Gasteiger partial charge on any atom is -0.0987 e. The molecule has 0 heteroatoms. The SMILES string of the molecule is C=C1C2=C(C(C)C(=C)C1C)C(c1ccccc1)C(=C)C1CC(c3ccccc3)CC21. The van der Waals surface area contributed by atoms with Crippen molar-refractivity contribution in [2.75, 3.05) is 0 Å². The minimum absolute atomic E-state index is 0.285. The normalized spacial score (nSPS) is 33.5. The molecule has 0 aromatic heterocycles. The Hall–Kier alpha value is -2.60. The Kier molecular flexibility index (Phi) is 4.69. The molecule has 0 aliphatic heterocycles. The van der Waals surface area contributed by atoms with Gasteiger partial charge in [0.2, 0.25) is 0 Å². The first kappa shape index (κ1) is 19.4. The summed E-state index contributed by atoms with van der Waals surface area (Å²) < 4.78 is 0. The molecule has 3 aliphatic rings. The van der Waals surface area contributed by atoms with E-state index in [1.54, 1.807) is 5.57 Å². The quantitative estimate of drug-likeness (QED) is 0.457. The van der Waals surface area contributed by atoms with Crippen LogP contribution in [0.3, 0.4) is 0 Å². The van der Waals surface area contributed by atoms with Crippen molar-refractivity contribution in [3.8, 4) is 0 Å². The second-order valence-corrected chi connectivity index (χ2v) is 9.62. The van der Waals surface area contributed by atoms with E-state index in [1.165, 1.54) is 46.3 Å². The van der Waals surface area contributed by atoms with Gasteiger partial charge in [-0.1, -0.05) is 105 Å². The molecule has 0 nitrogen and oxygen atoms in total. The van der Waals surface area contributed by atoms with Gasteiger partial charge in [0.1, 0.15) is 0 Å². The second-order valence-electron chi connectivity index (χ2n) is 9.62. The molecule has 152 valence electrons. The molecular weight excluding hydrogens is 360 g/mol. The topological polar surface area (TPSA) is 0 Å². The van der Waals surface area contributed by atoms with Crippen molar-refractivity contribution in [3.05, 3.63) is 119 Å². The van der Waals surface area contributed by atoms with E-state index in [9.17, 15) is 0 Å². The molecule has 0 heterocycles. The van der Waals surface area contributed by atoms with Crippen molar-refractivity contribution in [2.24, 2.45) is 23.7 Å². The summed E-state index contributed by atoms with van der Waals surface area (Å²) in [5.74, 6) is 2.69. The summed E-state index contributed by atoms with van der Waals surface area (Å²) in [6.07, 6.45) is 2.41. The van der Waals surface area contributed by atoms with E-state index in [0.717, 1.165) is 0 Å². The van der Waals surface area contributed by atoms with Crippen LogP contribution in [0.25, 0.3) is 0 Å². The van der Waals surface area contributed by atoms with Gasteiger partial charge in [-0.25, -0.2) is 0 Å². The number of hydrogen-bond donors (Lipinski definition) is 0. The maximum Gasteiger partial charge on any atom is 0.0270 e. The first-order valence-electron chi connectivity index (χ1n) is 11.4. The van der Waals surface area contributed by atoms with Crippen LogP contribution in [0.5, 0.6) is 0 Å². The lowest BCUT2D eigenvalue weighted by Gasteiger charge is -2.47. The highest BCUT2D eigenvalue weighted by Crippen LogP contribution is 2.62. The van der Waals surface area contributed by atoms with Crippen LogP contribution >= 0.6 is 0 Å². The van der Waals surface area contributed by atoms with Crippen LogP contribution in [-0.2, 0) is 0 Å². The lowest BCUT2D eigenvalue weighted by Crippen LogP contribution is -2.34. The van der Waals surface area contributed by atoms with E-state index in [-0.39, 0.29) is 5.92 Å². The second kappa shape index (κ2) is 7.27. The number of fused-ring (bicyclic) bond motifs is 2. The molecule has 0 amide bonds. The Morgan fingerprint density at radius 1 is 0.667 bits per heavy atom. The molecule has 2 aromatic carbocycles. The number of hydrogen-bond acceptors (Lipinski definition) is 0. The van der Waals surface area contributed by atoms with E-state index < -0.39 is 0 Å². The molecule has 0 radical (unpaired) electrons. The summed E-state index contributed by atoms with van der Waals surface area (Å²) >= 11 is 0. The van der Waals surface area contributed by atoms with E-state index >= 15 is 0 Å². The first-order chi connectivity index (χ1) is 14.5. The summed E-state index contributed by atoms with van der Waals surface area (Å²) in [7, 11) is 0. The highest BCUT2D eigenvalue weighted by molar-refractivity contribution is 5.58. The van der Waals surface area contributed by atoms with E-state index in [0.29, 0.717) is 29.6 Å². The summed E-state index contributed by atoms with van der Waals surface area (Å²) in [6.45, 7) is 18.5. The average Bonchev–Trinajstić information content (AvgIpc) is 3.23. The lowest BCUT2D eigenvalue weighted by molar-refractivity contribution is 0.420. The van der Waals surface area contributed by atoms with Gasteiger partial charge in [0, 0.05) is 11.8 Å². The number of allylic oxidation sites excluding steroid dienone is 5. The van der Waals surface area contributed by atoms with Crippen LogP contribution in [0.15, 0.2) is 108 Å². The largest absolute Gasteiger partial charge is 0.0987 e. The van der Waals surface area contributed by atoms with Gasteiger partial charge in [-0.3, -0.25) is 0 Å². The van der Waals surface area contributed by atoms with Crippen molar-refractivity contribution in [3.63, 3.8) is 0 Å². The predicted octanol–water partition coefficient (Wildman–Crippen LogP) is 7.84. The van der Waals surface area contributed by atoms with Gasteiger partial charge in [-0.2, -0.15) is 0 Å². The Morgan fingerprint density at radius 2 is 1.23 bits per heavy atom. The van der Waals surface area contributed by atoms with Gasteiger partial charge in [-0.05, 0) is 64.4 Å². The number of rotatable bonds is 2. The van der Waals surface area contributed by atoms with Gasteiger partial charge in [0.05, 0.1) is 0 Å². The first-order valence-corrected chi connectivity index (χ1v) is 11.4. The zero-order chi connectivity index (χ0) is 21.0. The predicted molar refractivity (Wildman–Crippen MR) is 127 cm³/mol. The fraction of sp³-hybridized carbons (Fsp3) is 0.333. The molecule has 1 fully saturated rings. The maximum absolute atomic E-state index is 4.74. The van der Waals surface area contributed by atoms with Gasteiger partial charge in [0.25, 0.3) is 0 Å². The van der Waals surface area contributed by atoms with Gasteiger partial charge >= 0.3 is 0 Å². The molecule has 0 saturated heterocycles. The van der Waals surface area contributed by atoms with Crippen molar-refractivity contribution in [2.45, 2.75) is 38.5 Å². The van der Waals surface area contributed by atoms with Crippen LogP contribution in [0.4, 0.5) is 0 Å². The maximum atomic E-state index is 4.74. The average molecular weight is 393 g/mol. The highest BCUT2D eigenvalue weighted by Gasteiger charge is 2.49. The molecule has 0 spiro atoms. The van der Waals surface area contributed by atoms with Crippen LogP contribution in [-0.4, -0.2) is 0 Å². The van der Waals surface area contributed by atoms with Gasteiger partial charge in [0.15, 0.2) is 0 Å². The molecule has 1 saturated carbocycles. The Bertz CT molecular complexity index is 1040. The molecule has 2 aromatic rings. The standard InChI is InChI=1S/C30H32/c1-18-19(2)21(4)30-28(24-14-10-7-11-15-24)22(5)26-16-25(23-12-8-6-9-13-23)17-27(26)29(30)20(18)3/h6-15,18,21,25-28H,2-3,5,16-17H2,1,4H3. The third-order valence-corrected chi connectivity index (χ3v) is 8.25. The molecule has 6 atom stereocenters. The van der Waals surface area contributed by atoms with Gasteiger partial charge in [-0.15, -0.1) is 0 Å². The summed E-state index contributed by atoms with van der Waals surface area (Å²) in [4.78, 5) is 0. The van der Waals surface area contributed by atoms with Crippen LogP contribution < -0.4 is 0 Å². The smallest absolute Gasteiger partial charge is 0.0270 e. The van der Waals surface area contributed by atoms with Crippen molar-refractivity contribution in [1.82, 2.24) is 0 Å². The Labute approximate surface area is 181 Å². The fourth-order valence-corrected chi connectivity index (χ4v) is 6.53. The fourth-order valence-electron chi connectivity index (χ4n) is 6.53. The summed E-state index contributed by atoms with van der Waals surface area (Å²) in [5.41, 5.74) is 9.98. The third-order valence-electron chi connectivity index (χ3n) is 8.25. The van der Waals surface area contributed by atoms with Crippen molar-refractivity contribution >= 4 is 0 Å². The molecule has 3 aliphatic carbocycles. The van der Waals surface area contributed by atoms with Crippen molar-refractivity contribution < 1.29 is 0 Å². The molecule has 6 unspecified atom stereocenters. The zero-order valence-corrected chi connectivity index (χ0v) is 18.3. The Balaban J connectivity index is 1.66. The third kappa shape index (κ3) is 2.81. The molecule has 0 bridgehead atoms. The summed E-state index contributed by atoms with van der Waals surface area (Å²) in [5, 5.41) is 0. The monoisotopic (exact) mass is 392 g/mol. The molecule has 0 N–H and O–H groups in total. The van der Waals surface area contributed by atoms with E-state index in [2.05, 4.69) is 87.7 Å². The van der Waals surface area contributed by atoms with Crippen molar-refractivity contribution in [1.29, 1.82) is 0 Å². The van der Waals surface area contributed by atoms with Crippen LogP contribution in [0.1, 0.15) is 49.7 Å². The lowest BCUT2D eigenvalue weighted by atomic mass is 9.57. The highest BCUT2D eigenvalue weighted by atomic mass is 14.5. The molecule has 30 heavy (non-hydrogen) atoms. The zero-order valence-electron chi connectivity index (χ0n) is 18.3. The van der Waals surface area contributed by atoms with E-state index in [4.69, 9.17) is 6.58 Å². The molecule has 5 rings (SSSR count). The number of benzene rings is 2. The van der Waals surface area contributed by atoms with Crippen LogP contribution in [0, 0.1) is 23.7 Å². The Morgan fingerprint density at radius 3 is 1.87 bits per heavy atom. The van der Waals surface area contributed by atoms with Gasteiger partial charge < -0.3 is 0 Å². The van der Waals surface area contributed by atoms with E-state index in [1.807, 2.05) is 0 Å². The summed E-state index contributed by atoms with van der Waals surface area (Å²) in [6, 6.07) is 22.1. The van der Waals surface area contributed by atoms with Crippen LogP contribution in [0.2, 0.25) is 0 Å². The minimum atomic E-state index is 0.285.